The molecule has 2 aromatic rings. The van der Waals surface area contributed by atoms with Gasteiger partial charge in [0.15, 0.2) is 6.61 Å². The van der Waals surface area contributed by atoms with Gasteiger partial charge in [0.05, 0.1) is 14.2 Å². The van der Waals surface area contributed by atoms with E-state index in [9.17, 15) is 22.8 Å². The number of amides is 1. The van der Waals surface area contributed by atoms with Crippen LogP contribution in [-0.2, 0) is 11.3 Å². The van der Waals surface area contributed by atoms with Crippen molar-refractivity contribution in [1.82, 2.24) is 15.3 Å². The summed E-state index contributed by atoms with van der Waals surface area (Å²) < 4.78 is 50.9. The van der Waals surface area contributed by atoms with E-state index in [1.807, 2.05) is 0 Å². The Kier molecular flexibility index (Phi) is 6.97. The monoisotopic (exact) mass is 413 g/mol. The van der Waals surface area contributed by atoms with Gasteiger partial charge < -0.3 is 19.5 Å². The van der Waals surface area contributed by atoms with Crippen molar-refractivity contribution in [1.29, 1.82) is 0 Å². The second-order valence-electron chi connectivity index (χ2n) is 5.78. The van der Waals surface area contributed by atoms with Crippen LogP contribution in [0, 0.1) is 6.92 Å². The number of rotatable bonds is 7. The number of nitrogens with one attached hydrogen (secondary N) is 1. The summed E-state index contributed by atoms with van der Waals surface area (Å²) in [6.45, 7) is 0.114. The summed E-state index contributed by atoms with van der Waals surface area (Å²) >= 11 is 0. The fraction of sp³-hybridized carbons (Fsp3) is 0.333. The minimum absolute atomic E-state index is 0.00568. The zero-order valence-corrected chi connectivity index (χ0v) is 15.8. The molecule has 8 nitrogen and oxygen atoms in total. The summed E-state index contributed by atoms with van der Waals surface area (Å²) in [6, 6.07) is 5.44. The van der Waals surface area contributed by atoms with Crippen molar-refractivity contribution in [3.63, 3.8) is 0 Å². The van der Waals surface area contributed by atoms with E-state index >= 15 is 0 Å². The fourth-order valence-electron chi connectivity index (χ4n) is 2.29. The molecule has 2 rings (SSSR count). The van der Waals surface area contributed by atoms with Crippen LogP contribution in [0.1, 0.15) is 32.1 Å². The van der Waals surface area contributed by atoms with E-state index in [4.69, 9.17) is 4.74 Å². The molecule has 0 radical (unpaired) electrons. The predicted molar refractivity (Wildman–Crippen MR) is 93.8 cm³/mol. The number of aromatic nitrogens is 2. The van der Waals surface area contributed by atoms with E-state index < -0.39 is 24.7 Å². The third-order valence-electron chi connectivity index (χ3n) is 3.54. The number of pyridine rings is 2. The first-order valence-corrected chi connectivity index (χ1v) is 8.21. The Balaban J connectivity index is 2.10. The highest BCUT2D eigenvalue weighted by atomic mass is 19.4. The number of alkyl halides is 3. The molecule has 0 saturated carbocycles. The summed E-state index contributed by atoms with van der Waals surface area (Å²) in [7, 11) is 2.49. The van der Waals surface area contributed by atoms with Crippen LogP contribution in [0.3, 0.4) is 0 Å². The molecule has 0 bridgehead atoms. The summed E-state index contributed by atoms with van der Waals surface area (Å²) in [6.07, 6.45) is -4.49. The zero-order valence-electron chi connectivity index (χ0n) is 15.8. The molecule has 2 heterocycles. The van der Waals surface area contributed by atoms with Crippen LogP contribution in [0.25, 0.3) is 0 Å². The molecule has 0 aliphatic carbocycles. The van der Waals surface area contributed by atoms with E-state index in [0.717, 1.165) is 0 Å². The molecule has 1 amide bonds. The number of methoxy groups -OCH3 is 2. The van der Waals surface area contributed by atoms with Crippen molar-refractivity contribution in [3.05, 3.63) is 46.8 Å². The molecule has 0 atom stereocenters. The average molecular weight is 413 g/mol. The first kappa shape index (κ1) is 21.9. The third kappa shape index (κ3) is 6.33. The molecule has 0 aliphatic heterocycles. The van der Waals surface area contributed by atoms with Crippen molar-refractivity contribution >= 4 is 11.9 Å². The van der Waals surface area contributed by atoms with Gasteiger partial charge in [-0.3, -0.25) is 4.79 Å². The van der Waals surface area contributed by atoms with E-state index in [1.165, 1.54) is 38.5 Å². The fourth-order valence-corrected chi connectivity index (χ4v) is 2.29. The summed E-state index contributed by atoms with van der Waals surface area (Å²) in [5, 5.41) is 2.62. The first-order chi connectivity index (χ1) is 13.6. The van der Waals surface area contributed by atoms with Crippen molar-refractivity contribution in [2.75, 3.05) is 20.8 Å². The Labute approximate surface area is 164 Å². The van der Waals surface area contributed by atoms with Crippen molar-refractivity contribution in [3.8, 4) is 11.8 Å². The minimum Gasteiger partial charge on any atom is -0.481 e. The van der Waals surface area contributed by atoms with Gasteiger partial charge in [-0.2, -0.15) is 18.2 Å². The second kappa shape index (κ2) is 9.22. The van der Waals surface area contributed by atoms with Crippen LogP contribution in [0.15, 0.2) is 24.3 Å². The summed E-state index contributed by atoms with van der Waals surface area (Å²) in [5.74, 6) is -1.43. The second-order valence-corrected chi connectivity index (χ2v) is 5.78. The number of esters is 1. The molecule has 156 valence electrons. The largest absolute Gasteiger partial charge is 0.481 e. The average Bonchev–Trinajstić information content (AvgIpc) is 2.68. The van der Waals surface area contributed by atoms with E-state index in [1.54, 1.807) is 6.92 Å². The number of carbonyl (C=O) groups excluding carboxylic acids is 2. The van der Waals surface area contributed by atoms with Gasteiger partial charge in [0.1, 0.15) is 5.69 Å². The lowest BCUT2D eigenvalue weighted by Crippen LogP contribution is -2.24. The Hall–Kier alpha value is -3.37. The molecular formula is C18H18F3N3O5. The van der Waals surface area contributed by atoms with E-state index in [-0.39, 0.29) is 29.6 Å². The van der Waals surface area contributed by atoms with Gasteiger partial charge in [0.25, 0.3) is 5.91 Å². The first-order valence-electron chi connectivity index (χ1n) is 8.21. The Morgan fingerprint density at radius 3 is 2.48 bits per heavy atom. The molecule has 0 aliphatic rings. The van der Waals surface area contributed by atoms with Crippen LogP contribution < -0.4 is 14.8 Å². The Morgan fingerprint density at radius 1 is 1.14 bits per heavy atom. The quantitative estimate of drug-likeness (QED) is 0.696. The van der Waals surface area contributed by atoms with Crippen LogP contribution in [-0.4, -0.2) is 48.8 Å². The molecule has 0 unspecified atom stereocenters. The zero-order chi connectivity index (χ0) is 21.6. The maximum absolute atomic E-state index is 12.4. The van der Waals surface area contributed by atoms with Crippen LogP contribution in [0.5, 0.6) is 11.8 Å². The van der Waals surface area contributed by atoms with Crippen molar-refractivity contribution in [2.45, 2.75) is 19.6 Å². The number of halogens is 3. The minimum atomic E-state index is -4.49. The number of hydrogen-bond donors (Lipinski definition) is 1. The van der Waals surface area contributed by atoms with Gasteiger partial charge in [-0.05, 0) is 25.1 Å². The third-order valence-corrected chi connectivity index (χ3v) is 3.54. The van der Waals surface area contributed by atoms with Crippen LogP contribution in [0.4, 0.5) is 13.2 Å². The summed E-state index contributed by atoms with van der Waals surface area (Å²) in [4.78, 5) is 31.9. The number of carbonyl (C=O) groups is 2. The number of aryl methyl sites for hydroxylation is 1. The Bertz CT molecular complexity index is 903. The van der Waals surface area contributed by atoms with Gasteiger partial charge in [0, 0.05) is 29.4 Å². The van der Waals surface area contributed by atoms with Gasteiger partial charge in [-0.1, -0.05) is 0 Å². The standard InChI is InChI=1S/C18H18F3N3O5/c1-10-6-12(7-13(23-10)17(26)28-3)15(25)22-8-11-4-5-14(24-16(11)27-2)29-9-18(19,20)21/h4-7H,8-9H2,1-3H3,(H,22,25). The molecule has 1 N–H and O–H groups in total. The highest BCUT2D eigenvalue weighted by Gasteiger charge is 2.28. The normalized spacial score (nSPS) is 11.0. The topological polar surface area (TPSA) is 99.6 Å². The molecular weight excluding hydrogens is 395 g/mol. The maximum atomic E-state index is 12.4. The van der Waals surface area contributed by atoms with Gasteiger partial charge >= 0.3 is 12.1 Å². The lowest BCUT2D eigenvalue weighted by atomic mass is 10.1. The highest BCUT2D eigenvalue weighted by Crippen LogP contribution is 2.22. The SMILES string of the molecule is COC(=O)c1cc(C(=O)NCc2ccc(OCC(F)(F)F)nc2OC)cc(C)n1. The molecule has 0 aromatic carbocycles. The molecule has 0 fully saturated rings. The van der Waals surface area contributed by atoms with Crippen molar-refractivity contribution in [2.24, 2.45) is 0 Å². The van der Waals surface area contributed by atoms with Crippen LogP contribution >= 0.6 is 0 Å². The molecule has 29 heavy (non-hydrogen) atoms. The Morgan fingerprint density at radius 2 is 1.86 bits per heavy atom. The number of nitrogens with zero attached hydrogens (tertiary/aromatic N) is 2. The number of hydrogen-bond acceptors (Lipinski definition) is 7. The van der Waals surface area contributed by atoms with E-state index in [0.29, 0.717) is 11.3 Å². The maximum Gasteiger partial charge on any atom is 0.422 e. The van der Waals surface area contributed by atoms with Gasteiger partial charge in [0.2, 0.25) is 11.8 Å². The van der Waals surface area contributed by atoms with Crippen molar-refractivity contribution < 1.29 is 37.0 Å². The molecule has 11 heteroatoms. The van der Waals surface area contributed by atoms with Crippen LogP contribution in [0.2, 0.25) is 0 Å². The van der Waals surface area contributed by atoms with Gasteiger partial charge in [-0.15, -0.1) is 0 Å². The lowest BCUT2D eigenvalue weighted by Gasteiger charge is -2.12. The van der Waals surface area contributed by atoms with Gasteiger partial charge in [-0.25, -0.2) is 9.78 Å². The summed E-state index contributed by atoms with van der Waals surface area (Å²) in [5.41, 5.74) is 1.04. The van der Waals surface area contributed by atoms with E-state index in [2.05, 4.69) is 24.8 Å². The molecule has 0 saturated heterocycles. The molecule has 0 spiro atoms. The molecule has 2 aromatic heterocycles. The number of ether oxygens (including phenoxy) is 3. The highest BCUT2D eigenvalue weighted by molar-refractivity contribution is 5.97. The lowest BCUT2D eigenvalue weighted by molar-refractivity contribution is -0.154. The predicted octanol–water partition coefficient (Wildman–Crippen LogP) is 2.45. The smallest absolute Gasteiger partial charge is 0.422 e.